The van der Waals surface area contributed by atoms with Crippen molar-refractivity contribution in [2.75, 3.05) is 6.61 Å². The standard InChI is InChI=1S/C15H24BrNO/c1-10(2)9-18-15-12(5)6-14(16)7-13(15)8-17-11(3)4/h6-7,10-11,17H,8-9H2,1-5H3. The van der Waals surface area contributed by atoms with E-state index in [0.29, 0.717) is 12.0 Å². The lowest BCUT2D eigenvalue weighted by Crippen LogP contribution is -2.22. The van der Waals surface area contributed by atoms with Gasteiger partial charge in [-0.2, -0.15) is 0 Å². The summed E-state index contributed by atoms with van der Waals surface area (Å²) in [4.78, 5) is 0. The number of rotatable bonds is 6. The van der Waals surface area contributed by atoms with Crippen molar-refractivity contribution in [3.05, 3.63) is 27.7 Å². The third-order valence-corrected chi connectivity index (χ3v) is 3.04. The minimum Gasteiger partial charge on any atom is -0.493 e. The molecule has 1 aromatic rings. The Balaban J connectivity index is 2.89. The van der Waals surface area contributed by atoms with Gasteiger partial charge in [-0.05, 0) is 30.5 Å². The second kappa shape index (κ2) is 7.15. The zero-order valence-corrected chi connectivity index (χ0v) is 13.6. The summed E-state index contributed by atoms with van der Waals surface area (Å²) >= 11 is 3.55. The van der Waals surface area contributed by atoms with Crippen LogP contribution in [0.2, 0.25) is 0 Å². The van der Waals surface area contributed by atoms with Crippen LogP contribution in [0.15, 0.2) is 16.6 Å². The molecule has 3 heteroatoms. The van der Waals surface area contributed by atoms with Crippen LogP contribution in [0.5, 0.6) is 5.75 Å². The highest BCUT2D eigenvalue weighted by molar-refractivity contribution is 9.10. The number of halogens is 1. The molecule has 0 saturated carbocycles. The fraction of sp³-hybridized carbons (Fsp3) is 0.600. The zero-order chi connectivity index (χ0) is 13.7. The van der Waals surface area contributed by atoms with E-state index in [2.05, 4.69) is 68.0 Å². The summed E-state index contributed by atoms with van der Waals surface area (Å²) in [5.74, 6) is 1.57. The topological polar surface area (TPSA) is 21.3 Å². The minimum absolute atomic E-state index is 0.474. The SMILES string of the molecule is Cc1cc(Br)cc(CNC(C)C)c1OCC(C)C. The van der Waals surface area contributed by atoms with Crippen molar-refractivity contribution < 1.29 is 4.74 Å². The van der Waals surface area contributed by atoms with E-state index in [-0.39, 0.29) is 0 Å². The van der Waals surface area contributed by atoms with Crippen LogP contribution in [0.4, 0.5) is 0 Å². The van der Waals surface area contributed by atoms with E-state index in [9.17, 15) is 0 Å². The summed E-state index contributed by atoms with van der Waals surface area (Å²) in [6.07, 6.45) is 0. The van der Waals surface area contributed by atoms with E-state index >= 15 is 0 Å². The lowest BCUT2D eigenvalue weighted by atomic mass is 10.1. The van der Waals surface area contributed by atoms with Crippen molar-refractivity contribution in [2.45, 2.75) is 47.2 Å². The molecule has 0 radical (unpaired) electrons. The normalized spacial score (nSPS) is 11.3. The number of aryl methyl sites for hydroxylation is 1. The Morgan fingerprint density at radius 1 is 1.22 bits per heavy atom. The molecule has 0 aliphatic carbocycles. The van der Waals surface area contributed by atoms with Gasteiger partial charge in [0.05, 0.1) is 6.61 Å². The molecule has 1 aromatic carbocycles. The van der Waals surface area contributed by atoms with E-state index in [0.717, 1.165) is 23.4 Å². The predicted molar refractivity (Wildman–Crippen MR) is 81.2 cm³/mol. The first-order valence-electron chi connectivity index (χ1n) is 6.55. The lowest BCUT2D eigenvalue weighted by molar-refractivity contribution is 0.266. The molecule has 1 N–H and O–H groups in total. The highest BCUT2D eigenvalue weighted by atomic mass is 79.9. The predicted octanol–water partition coefficient (Wildman–Crippen LogP) is 4.29. The summed E-state index contributed by atoms with van der Waals surface area (Å²) in [5, 5.41) is 3.44. The van der Waals surface area contributed by atoms with Crippen molar-refractivity contribution in [3.8, 4) is 5.75 Å². The number of ether oxygens (including phenoxy) is 1. The average Bonchev–Trinajstić information content (AvgIpc) is 2.24. The van der Waals surface area contributed by atoms with Gasteiger partial charge in [-0.15, -0.1) is 0 Å². The van der Waals surface area contributed by atoms with E-state index in [1.807, 2.05) is 0 Å². The maximum absolute atomic E-state index is 5.96. The number of hydrogen-bond acceptors (Lipinski definition) is 2. The maximum atomic E-state index is 5.96. The van der Waals surface area contributed by atoms with Gasteiger partial charge < -0.3 is 10.1 Å². The minimum atomic E-state index is 0.474. The molecule has 1 rings (SSSR count). The Bertz CT molecular complexity index is 388. The van der Waals surface area contributed by atoms with E-state index in [4.69, 9.17) is 4.74 Å². The van der Waals surface area contributed by atoms with Crippen molar-refractivity contribution >= 4 is 15.9 Å². The van der Waals surface area contributed by atoms with Crippen LogP contribution in [0.1, 0.15) is 38.8 Å². The first-order valence-corrected chi connectivity index (χ1v) is 7.34. The molecular formula is C15H24BrNO. The van der Waals surface area contributed by atoms with Crippen LogP contribution in [0.3, 0.4) is 0 Å². The summed E-state index contributed by atoms with van der Waals surface area (Å²) in [5.41, 5.74) is 2.40. The molecule has 0 unspecified atom stereocenters. The molecule has 0 fully saturated rings. The first-order chi connectivity index (χ1) is 8.40. The summed E-state index contributed by atoms with van der Waals surface area (Å²) < 4.78 is 7.06. The number of hydrogen-bond donors (Lipinski definition) is 1. The van der Waals surface area contributed by atoms with E-state index in [1.165, 1.54) is 11.1 Å². The van der Waals surface area contributed by atoms with E-state index < -0.39 is 0 Å². The molecule has 0 atom stereocenters. The van der Waals surface area contributed by atoms with Crippen LogP contribution in [-0.4, -0.2) is 12.6 Å². The molecule has 0 aromatic heterocycles. The molecule has 2 nitrogen and oxygen atoms in total. The molecule has 0 aliphatic rings. The van der Waals surface area contributed by atoms with Gasteiger partial charge in [-0.1, -0.05) is 43.6 Å². The van der Waals surface area contributed by atoms with Gasteiger partial charge in [0.25, 0.3) is 0 Å². The molecule has 0 amide bonds. The van der Waals surface area contributed by atoms with Gasteiger partial charge in [-0.25, -0.2) is 0 Å². The van der Waals surface area contributed by atoms with Crippen LogP contribution in [0, 0.1) is 12.8 Å². The van der Waals surface area contributed by atoms with Crippen molar-refractivity contribution in [1.82, 2.24) is 5.32 Å². The molecular weight excluding hydrogens is 290 g/mol. The Labute approximate surface area is 119 Å². The first kappa shape index (κ1) is 15.5. The summed E-state index contributed by atoms with van der Waals surface area (Å²) in [6.45, 7) is 12.3. The molecule has 102 valence electrons. The fourth-order valence-electron chi connectivity index (χ4n) is 1.70. The molecule has 0 heterocycles. The van der Waals surface area contributed by atoms with E-state index in [1.54, 1.807) is 0 Å². The van der Waals surface area contributed by atoms with Crippen LogP contribution in [-0.2, 0) is 6.54 Å². The largest absolute Gasteiger partial charge is 0.493 e. The van der Waals surface area contributed by atoms with Gasteiger partial charge in [0, 0.05) is 22.6 Å². The van der Waals surface area contributed by atoms with Gasteiger partial charge in [0.15, 0.2) is 0 Å². The highest BCUT2D eigenvalue weighted by Crippen LogP contribution is 2.28. The van der Waals surface area contributed by atoms with Crippen LogP contribution in [0.25, 0.3) is 0 Å². The van der Waals surface area contributed by atoms with Crippen molar-refractivity contribution in [2.24, 2.45) is 5.92 Å². The summed E-state index contributed by atoms with van der Waals surface area (Å²) in [7, 11) is 0. The van der Waals surface area contributed by atoms with Crippen LogP contribution >= 0.6 is 15.9 Å². The summed E-state index contributed by atoms with van der Waals surface area (Å²) in [6, 6.07) is 4.72. The van der Waals surface area contributed by atoms with Gasteiger partial charge >= 0.3 is 0 Å². The fourth-order valence-corrected chi connectivity index (χ4v) is 2.32. The highest BCUT2D eigenvalue weighted by Gasteiger charge is 2.10. The molecule has 0 bridgehead atoms. The van der Waals surface area contributed by atoms with Gasteiger partial charge in [0.1, 0.15) is 5.75 Å². The lowest BCUT2D eigenvalue weighted by Gasteiger charge is -2.17. The second-order valence-electron chi connectivity index (χ2n) is 5.45. The molecule has 0 aliphatic heterocycles. The Kier molecular flexibility index (Phi) is 6.16. The van der Waals surface area contributed by atoms with Crippen LogP contribution < -0.4 is 10.1 Å². The van der Waals surface area contributed by atoms with Gasteiger partial charge in [-0.3, -0.25) is 0 Å². The van der Waals surface area contributed by atoms with Crippen molar-refractivity contribution in [1.29, 1.82) is 0 Å². The monoisotopic (exact) mass is 313 g/mol. The molecule has 0 spiro atoms. The van der Waals surface area contributed by atoms with Gasteiger partial charge in [0.2, 0.25) is 0 Å². The second-order valence-corrected chi connectivity index (χ2v) is 6.37. The quantitative estimate of drug-likeness (QED) is 0.846. The Morgan fingerprint density at radius 3 is 2.44 bits per heavy atom. The molecule has 0 saturated heterocycles. The Morgan fingerprint density at radius 2 is 1.89 bits per heavy atom. The molecule has 18 heavy (non-hydrogen) atoms. The average molecular weight is 314 g/mol. The smallest absolute Gasteiger partial charge is 0.126 e. The maximum Gasteiger partial charge on any atom is 0.126 e. The Hall–Kier alpha value is -0.540. The number of benzene rings is 1. The number of nitrogens with one attached hydrogen (secondary N) is 1. The third kappa shape index (κ3) is 4.99. The van der Waals surface area contributed by atoms with Crippen molar-refractivity contribution in [3.63, 3.8) is 0 Å². The zero-order valence-electron chi connectivity index (χ0n) is 12.0. The third-order valence-electron chi connectivity index (χ3n) is 2.58.